The van der Waals surface area contributed by atoms with Crippen LogP contribution in [0.25, 0.3) is 16.6 Å². The van der Waals surface area contributed by atoms with Crippen LogP contribution in [0.15, 0.2) is 54.3 Å². The Morgan fingerprint density at radius 1 is 0.966 bits per heavy atom. The van der Waals surface area contributed by atoms with Crippen molar-refractivity contribution in [3.63, 3.8) is 0 Å². The predicted molar refractivity (Wildman–Crippen MR) is 118 cm³/mol. The summed E-state index contributed by atoms with van der Waals surface area (Å²) >= 11 is 0. The molecule has 1 aromatic carbocycles. The van der Waals surface area contributed by atoms with Crippen LogP contribution < -0.4 is 0 Å². The van der Waals surface area contributed by atoms with Crippen molar-refractivity contribution in [3.05, 3.63) is 54.3 Å². The Hall–Kier alpha value is -2.09. The third-order valence-corrected chi connectivity index (χ3v) is 9.36. The van der Waals surface area contributed by atoms with Crippen molar-refractivity contribution in [3.8, 4) is 0 Å². The molecule has 1 aromatic heterocycles. The van der Waals surface area contributed by atoms with E-state index in [-0.39, 0.29) is 10.8 Å². The fraction of sp³-hybridized carbons (Fsp3) is 0.519. The van der Waals surface area contributed by atoms with Gasteiger partial charge in [0.05, 0.1) is 5.52 Å². The van der Waals surface area contributed by atoms with E-state index in [1.807, 2.05) is 6.08 Å². The number of nitrogens with zero attached hydrogens (tertiary/aromatic N) is 1. The Morgan fingerprint density at radius 2 is 1.83 bits per heavy atom. The van der Waals surface area contributed by atoms with Crippen molar-refractivity contribution in [2.75, 3.05) is 0 Å². The highest BCUT2D eigenvalue weighted by molar-refractivity contribution is 5.91. The average Bonchev–Trinajstić information content (AvgIpc) is 3.29. The van der Waals surface area contributed by atoms with Crippen LogP contribution in [0.3, 0.4) is 0 Å². The highest BCUT2D eigenvalue weighted by Gasteiger charge is 2.57. The van der Waals surface area contributed by atoms with E-state index >= 15 is 0 Å². The molecule has 0 amide bonds. The van der Waals surface area contributed by atoms with E-state index in [9.17, 15) is 4.79 Å². The van der Waals surface area contributed by atoms with E-state index in [1.165, 1.54) is 47.9 Å². The molecule has 5 atom stereocenters. The Labute approximate surface area is 173 Å². The number of hydrogen-bond donors (Lipinski definition) is 0. The van der Waals surface area contributed by atoms with Crippen LogP contribution in [0, 0.1) is 28.6 Å². The molecule has 0 N–H and O–H groups in total. The van der Waals surface area contributed by atoms with Crippen molar-refractivity contribution in [2.45, 2.75) is 58.8 Å². The van der Waals surface area contributed by atoms with Gasteiger partial charge in [0.25, 0.3) is 0 Å². The van der Waals surface area contributed by atoms with E-state index in [2.05, 4.69) is 61.0 Å². The third-order valence-electron chi connectivity index (χ3n) is 9.36. The molecule has 4 aliphatic rings. The third kappa shape index (κ3) is 2.32. The molecule has 0 spiro atoms. The number of para-hydroxylation sites is 1. The second-order valence-corrected chi connectivity index (χ2v) is 10.5. The van der Waals surface area contributed by atoms with Crippen LogP contribution in [0.5, 0.6) is 0 Å². The van der Waals surface area contributed by atoms with E-state index in [1.54, 1.807) is 0 Å². The molecular weight excluding hydrogens is 354 g/mol. The number of ketones is 1. The summed E-state index contributed by atoms with van der Waals surface area (Å²) in [6.45, 7) is 5.02. The molecule has 0 radical (unpaired) electrons. The molecule has 150 valence electrons. The van der Waals surface area contributed by atoms with Crippen LogP contribution in [-0.4, -0.2) is 10.4 Å². The van der Waals surface area contributed by atoms with Crippen LogP contribution in [0.4, 0.5) is 0 Å². The van der Waals surface area contributed by atoms with Gasteiger partial charge in [-0.05, 0) is 85.3 Å². The number of carbonyl (C=O) groups excluding carboxylic acids is 1. The maximum absolute atomic E-state index is 12.0. The summed E-state index contributed by atoms with van der Waals surface area (Å²) in [5.41, 5.74) is 4.88. The Balaban J connectivity index is 1.37. The Kier molecular flexibility index (Phi) is 3.65. The van der Waals surface area contributed by atoms with E-state index in [0.717, 1.165) is 37.0 Å². The lowest BCUT2D eigenvalue weighted by Crippen LogP contribution is -2.50. The molecule has 6 rings (SSSR count). The van der Waals surface area contributed by atoms with Crippen LogP contribution in [0.2, 0.25) is 0 Å². The summed E-state index contributed by atoms with van der Waals surface area (Å²) in [7, 11) is 0. The van der Waals surface area contributed by atoms with Gasteiger partial charge in [-0.25, -0.2) is 0 Å². The predicted octanol–water partition coefficient (Wildman–Crippen LogP) is 6.62. The number of fused-ring (bicyclic) bond motifs is 6. The van der Waals surface area contributed by atoms with Crippen LogP contribution in [-0.2, 0) is 4.79 Å². The molecule has 0 saturated heterocycles. The van der Waals surface area contributed by atoms with Gasteiger partial charge in [-0.2, -0.15) is 0 Å². The van der Waals surface area contributed by atoms with Crippen molar-refractivity contribution in [1.29, 1.82) is 0 Å². The van der Waals surface area contributed by atoms with Gasteiger partial charge < -0.3 is 4.57 Å². The first-order chi connectivity index (χ1) is 14.0. The van der Waals surface area contributed by atoms with Crippen molar-refractivity contribution >= 4 is 22.4 Å². The summed E-state index contributed by atoms with van der Waals surface area (Å²) in [4.78, 5) is 12.0. The zero-order valence-electron chi connectivity index (χ0n) is 17.7. The van der Waals surface area contributed by atoms with Gasteiger partial charge in [-0.3, -0.25) is 4.79 Å². The molecule has 2 fully saturated rings. The minimum absolute atomic E-state index is 0.265. The number of aromatic nitrogens is 1. The van der Waals surface area contributed by atoms with E-state index < -0.39 is 0 Å². The normalized spacial score (nSPS) is 38.8. The quantitative estimate of drug-likeness (QED) is 0.540. The molecule has 4 aliphatic carbocycles. The van der Waals surface area contributed by atoms with Crippen molar-refractivity contribution < 1.29 is 4.79 Å². The highest BCUT2D eigenvalue weighted by atomic mass is 16.1. The first kappa shape index (κ1) is 17.7. The Bertz CT molecular complexity index is 1070. The number of benzene rings is 1. The average molecular weight is 386 g/mol. The first-order valence-corrected chi connectivity index (χ1v) is 11.5. The van der Waals surface area contributed by atoms with E-state index in [0.29, 0.717) is 5.78 Å². The molecule has 0 bridgehead atoms. The van der Waals surface area contributed by atoms with Crippen LogP contribution >= 0.6 is 0 Å². The van der Waals surface area contributed by atoms with Crippen molar-refractivity contribution in [1.82, 2.24) is 4.57 Å². The summed E-state index contributed by atoms with van der Waals surface area (Å²) in [6, 6.07) is 11.0. The molecule has 2 nitrogen and oxygen atoms in total. The standard InChI is InChI=1S/C27H31NO/c1-26-14-11-20(29)17-19(26)7-8-21-22-9-10-25(27(22,2)15-12-23(21)26)28-16-13-18-5-3-4-6-24(18)28/h3-6,10,13,16-17,21-23H,7-9,11-12,14-15H2,1-2H3/t21-,22-,23-,26-,27-/m0/s1. The van der Waals surface area contributed by atoms with E-state index in [4.69, 9.17) is 0 Å². The molecule has 0 unspecified atom stereocenters. The number of allylic oxidation sites excluding steroid dienone is 4. The van der Waals surface area contributed by atoms with Gasteiger partial charge in [0.2, 0.25) is 0 Å². The maximum atomic E-state index is 12.0. The van der Waals surface area contributed by atoms with Gasteiger partial charge in [-0.1, -0.05) is 43.7 Å². The van der Waals surface area contributed by atoms with Crippen molar-refractivity contribution in [2.24, 2.45) is 28.6 Å². The van der Waals surface area contributed by atoms with Gasteiger partial charge in [0.15, 0.2) is 5.78 Å². The summed E-state index contributed by atoms with van der Waals surface area (Å²) in [5, 5.41) is 1.33. The molecular formula is C27H31NO. The van der Waals surface area contributed by atoms with Gasteiger partial charge >= 0.3 is 0 Å². The topological polar surface area (TPSA) is 22.0 Å². The lowest BCUT2D eigenvalue weighted by atomic mass is 9.47. The lowest BCUT2D eigenvalue weighted by Gasteiger charge is -2.57. The second-order valence-electron chi connectivity index (χ2n) is 10.5. The van der Waals surface area contributed by atoms with Gasteiger partial charge in [0.1, 0.15) is 0 Å². The number of hydrogen-bond acceptors (Lipinski definition) is 1. The number of carbonyl (C=O) groups is 1. The zero-order chi connectivity index (χ0) is 19.8. The molecule has 29 heavy (non-hydrogen) atoms. The van der Waals surface area contributed by atoms with Gasteiger partial charge in [0, 0.05) is 23.7 Å². The summed E-state index contributed by atoms with van der Waals surface area (Å²) in [6.07, 6.45) is 14.9. The van der Waals surface area contributed by atoms with Gasteiger partial charge in [-0.15, -0.1) is 0 Å². The molecule has 2 heteroatoms. The monoisotopic (exact) mass is 385 g/mol. The SMILES string of the molecule is C[C@]12CCC(=O)C=C1CC[C@@H]1[C@@H]2CC[C@]2(C)C(n3ccc4ccccc43)=CC[C@@H]12. The van der Waals surface area contributed by atoms with Crippen LogP contribution in [0.1, 0.15) is 58.8 Å². The highest BCUT2D eigenvalue weighted by Crippen LogP contribution is 2.66. The maximum Gasteiger partial charge on any atom is 0.155 e. The summed E-state index contributed by atoms with van der Waals surface area (Å²) < 4.78 is 2.48. The lowest BCUT2D eigenvalue weighted by molar-refractivity contribution is -0.117. The minimum atomic E-state index is 0.265. The fourth-order valence-electron chi connectivity index (χ4n) is 7.77. The zero-order valence-corrected chi connectivity index (χ0v) is 17.7. The molecule has 2 aromatic rings. The summed E-state index contributed by atoms with van der Waals surface area (Å²) in [5.74, 6) is 2.65. The Morgan fingerprint density at radius 3 is 2.72 bits per heavy atom. The smallest absolute Gasteiger partial charge is 0.155 e. The largest absolute Gasteiger partial charge is 0.320 e. The first-order valence-electron chi connectivity index (χ1n) is 11.5. The molecule has 2 saturated carbocycles. The second kappa shape index (κ2) is 5.97. The number of rotatable bonds is 1. The minimum Gasteiger partial charge on any atom is -0.320 e. The molecule has 1 heterocycles. The fourth-order valence-corrected chi connectivity index (χ4v) is 7.77. The molecule has 0 aliphatic heterocycles.